The van der Waals surface area contributed by atoms with Gasteiger partial charge in [-0.2, -0.15) is 0 Å². The first-order valence-electron chi connectivity index (χ1n) is 3.23. The maximum Gasteiger partial charge on any atom is 0.228 e. The molecule has 0 aliphatic heterocycles. The summed E-state index contributed by atoms with van der Waals surface area (Å²) in [5, 5.41) is 2.62. The quantitative estimate of drug-likeness (QED) is 0.398. The highest BCUT2D eigenvalue weighted by Gasteiger charge is 2.04. The van der Waals surface area contributed by atoms with E-state index in [1.165, 1.54) is 10.0 Å². The average molecular weight is 144 g/mol. The third-order valence-corrected chi connectivity index (χ3v) is 1.22. The Kier molecular flexibility index (Phi) is 4.28. The van der Waals surface area contributed by atoms with Crippen LogP contribution >= 0.6 is 0 Å². The molecule has 0 bridgehead atoms. The van der Waals surface area contributed by atoms with E-state index in [4.69, 9.17) is 0 Å². The van der Waals surface area contributed by atoms with E-state index in [2.05, 4.69) is 0 Å². The molecule has 0 saturated heterocycles. The summed E-state index contributed by atoms with van der Waals surface area (Å²) in [7, 11) is 0. The summed E-state index contributed by atoms with van der Waals surface area (Å²) < 4.78 is 0. The Morgan fingerprint density at radius 1 is 1.00 bits per heavy atom. The van der Waals surface area contributed by atoms with E-state index in [0.717, 1.165) is 0 Å². The Morgan fingerprint density at radius 3 is 1.40 bits per heavy atom. The van der Waals surface area contributed by atoms with Crippen molar-refractivity contribution in [3.8, 4) is 0 Å². The van der Waals surface area contributed by atoms with Crippen LogP contribution in [0.2, 0.25) is 0 Å². The molecule has 0 heterocycles. The smallest absolute Gasteiger partial charge is 0.228 e. The van der Waals surface area contributed by atoms with Crippen molar-refractivity contribution in [1.29, 1.82) is 0 Å². The van der Waals surface area contributed by atoms with Crippen molar-refractivity contribution in [2.45, 2.75) is 13.8 Å². The van der Waals surface area contributed by atoms with Crippen LogP contribution < -0.4 is 0 Å². The average Bonchev–Trinajstić information content (AvgIpc) is 2.00. The summed E-state index contributed by atoms with van der Waals surface area (Å²) in [6.45, 7) is 4.66. The van der Waals surface area contributed by atoms with Gasteiger partial charge in [-0.3, -0.25) is 19.6 Å². The zero-order chi connectivity index (χ0) is 7.98. The number of hydrogen-bond donors (Lipinski definition) is 0. The van der Waals surface area contributed by atoms with Gasteiger partial charge in [0.25, 0.3) is 0 Å². The summed E-state index contributed by atoms with van der Waals surface area (Å²) in [5.41, 5.74) is 0. The highest BCUT2D eigenvalue weighted by atomic mass is 16.2. The normalized spacial score (nSPS) is 8.60. The molecule has 0 aromatic rings. The monoisotopic (exact) mass is 144 g/mol. The number of rotatable bonds is 5. The summed E-state index contributed by atoms with van der Waals surface area (Å²) in [5.74, 6) is 0. The molecule has 0 fully saturated rings. The van der Waals surface area contributed by atoms with Crippen LogP contribution in [0.5, 0.6) is 0 Å². The van der Waals surface area contributed by atoms with Gasteiger partial charge in [-0.1, -0.05) is 0 Å². The van der Waals surface area contributed by atoms with Crippen LogP contribution in [0.3, 0.4) is 0 Å². The van der Waals surface area contributed by atoms with Crippen molar-refractivity contribution in [3.63, 3.8) is 0 Å². The van der Waals surface area contributed by atoms with Crippen LogP contribution in [0, 0.1) is 0 Å². The first kappa shape index (κ1) is 8.94. The molecule has 0 spiro atoms. The lowest BCUT2D eigenvalue weighted by Gasteiger charge is -2.25. The van der Waals surface area contributed by atoms with Crippen molar-refractivity contribution in [2.75, 3.05) is 13.1 Å². The highest BCUT2D eigenvalue weighted by Crippen LogP contribution is 1.88. The molecule has 0 aromatic heterocycles. The van der Waals surface area contributed by atoms with E-state index < -0.39 is 0 Å². The van der Waals surface area contributed by atoms with E-state index in [0.29, 0.717) is 25.9 Å². The van der Waals surface area contributed by atoms with Crippen molar-refractivity contribution >= 4 is 12.8 Å². The van der Waals surface area contributed by atoms with E-state index >= 15 is 0 Å². The molecule has 0 atom stereocenters. The fraction of sp³-hybridized carbons (Fsp3) is 0.667. The lowest BCUT2D eigenvalue weighted by molar-refractivity contribution is -0.145. The number of hydrogen-bond acceptors (Lipinski definition) is 2. The number of nitrogens with zero attached hydrogens (tertiary/aromatic N) is 2. The van der Waals surface area contributed by atoms with Crippen LogP contribution in [0.1, 0.15) is 13.8 Å². The molecule has 0 radical (unpaired) electrons. The first-order valence-corrected chi connectivity index (χ1v) is 3.23. The molecule has 10 heavy (non-hydrogen) atoms. The summed E-state index contributed by atoms with van der Waals surface area (Å²) >= 11 is 0. The molecule has 4 heteroatoms. The SMILES string of the molecule is CCN(C=O)N(C=O)CC. The summed E-state index contributed by atoms with van der Waals surface area (Å²) in [6.07, 6.45) is 1.27. The number of carbonyl (C=O) groups excluding carboxylic acids is 2. The first-order chi connectivity index (χ1) is 4.79. The second-order valence-corrected chi connectivity index (χ2v) is 1.72. The fourth-order valence-corrected chi connectivity index (χ4v) is 0.633. The van der Waals surface area contributed by atoms with E-state index in [-0.39, 0.29) is 0 Å². The standard InChI is InChI=1S/C6H12N2O2/c1-3-7(5-9)8(4-2)6-10/h5-6H,3-4H2,1-2H3. The van der Waals surface area contributed by atoms with Gasteiger partial charge in [-0.25, -0.2) is 0 Å². The molecule has 2 amide bonds. The maximum atomic E-state index is 10.2. The van der Waals surface area contributed by atoms with Gasteiger partial charge in [0.05, 0.1) is 0 Å². The van der Waals surface area contributed by atoms with Crippen LogP contribution in [0.4, 0.5) is 0 Å². The van der Waals surface area contributed by atoms with E-state index in [1.54, 1.807) is 13.8 Å². The largest absolute Gasteiger partial charge is 0.277 e. The van der Waals surface area contributed by atoms with Crippen LogP contribution in [-0.4, -0.2) is 35.9 Å². The van der Waals surface area contributed by atoms with Gasteiger partial charge in [0.1, 0.15) is 0 Å². The van der Waals surface area contributed by atoms with Gasteiger partial charge in [-0.05, 0) is 13.8 Å². The number of carbonyl (C=O) groups is 2. The van der Waals surface area contributed by atoms with Crippen molar-refractivity contribution < 1.29 is 9.59 Å². The number of hydrazine groups is 1. The van der Waals surface area contributed by atoms with Crippen LogP contribution in [-0.2, 0) is 9.59 Å². The van der Waals surface area contributed by atoms with Crippen LogP contribution in [0.15, 0.2) is 0 Å². The zero-order valence-corrected chi connectivity index (χ0v) is 6.28. The minimum atomic E-state index is 0.524. The molecule has 0 unspecified atom stereocenters. The molecule has 0 aliphatic carbocycles. The second-order valence-electron chi connectivity index (χ2n) is 1.72. The predicted octanol–water partition coefficient (Wildman–Crippen LogP) is -0.142. The zero-order valence-electron chi connectivity index (χ0n) is 6.28. The molecule has 0 N–H and O–H groups in total. The molecule has 58 valence electrons. The maximum absolute atomic E-state index is 10.2. The third kappa shape index (κ3) is 2.05. The van der Waals surface area contributed by atoms with Crippen LogP contribution in [0.25, 0.3) is 0 Å². The van der Waals surface area contributed by atoms with Crippen molar-refractivity contribution in [3.05, 3.63) is 0 Å². The lowest BCUT2D eigenvalue weighted by Crippen LogP contribution is -2.40. The molecule has 0 rings (SSSR count). The van der Waals surface area contributed by atoms with Gasteiger partial charge >= 0.3 is 0 Å². The fourth-order valence-electron chi connectivity index (χ4n) is 0.633. The third-order valence-electron chi connectivity index (χ3n) is 1.22. The molecule has 0 aliphatic rings. The molecular formula is C6H12N2O2. The van der Waals surface area contributed by atoms with Gasteiger partial charge < -0.3 is 0 Å². The minimum Gasteiger partial charge on any atom is -0.277 e. The Hall–Kier alpha value is -1.06. The number of amides is 2. The molecule has 4 nitrogen and oxygen atoms in total. The van der Waals surface area contributed by atoms with Crippen molar-refractivity contribution in [1.82, 2.24) is 10.0 Å². The molecule has 0 aromatic carbocycles. The predicted molar refractivity (Wildman–Crippen MR) is 36.9 cm³/mol. The Morgan fingerprint density at radius 2 is 1.30 bits per heavy atom. The second kappa shape index (κ2) is 4.78. The Bertz CT molecular complexity index is 102. The minimum absolute atomic E-state index is 0.524. The molecular weight excluding hydrogens is 132 g/mol. The lowest BCUT2D eigenvalue weighted by atomic mass is 10.6. The van der Waals surface area contributed by atoms with Gasteiger partial charge in [-0.15, -0.1) is 0 Å². The van der Waals surface area contributed by atoms with E-state index in [1.807, 2.05) is 0 Å². The van der Waals surface area contributed by atoms with Gasteiger partial charge in [0.15, 0.2) is 0 Å². The van der Waals surface area contributed by atoms with Crippen molar-refractivity contribution in [2.24, 2.45) is 0 Å². The van der Waals surface area contributed by atoms with Gasteiger partial charge in [0, 0.05) is 13.1 Å². The van der Waals surface area contributed by atoms with Gasteiger partial charge in [0.2, 0.25) is 12.8 Å². The highest BCUT2D eigenvalue weighted by molar-refractivity contribution is 5.54. The Labute approximate surface area is 60.4 Å². The summed E-state index contributed by atoms with van der Waals surface area (Å²) in [4.78, 5) is 20.4. The summed E-state index contributed by atoms with van der Waals surface area (Å²) in [6, 6.07) is 0. The molecule has 0 saturated carbocycles. The van der Waals surface area contributed by atoms with E-state index in [9.17, 15) is 9.59 Å². The topological polar surface area (TPSA) is 40.6 Å². The Balaban J connectivity index is 3.93.